The summed E-state index contributed by atoms with van der Waals surface area (Å²) in [6.45, 7) is 0. The molecule has 0 saturated heterocycles. The Morgan fingerprint density at radius 2 is 2.00 bits per heavy atom. The van der Waals surface area contributed by atoms with Crippen LogP contribution < -0.4 is 4.74 Å². The smallest absolute Gasteiger partial charge is 0.505 e. The third kappa shape index (κ3) is 2.72. The number of aromatic hydroxyl groups is 1. The summed E-state index contributed by atoms with van der Waals surface area (Å²) >= 11 is 2.62. The van der Waals surface area contributed by atoms with Crippen LogP contribution in [0.3, 0.4) is 0 Å². The summed E-state index contributed by atoms with van der Waals surface area (Å²) in [4.78, 5) is 2.93. The van der Waals surface area contributed by atoms with Crippen molar-refractivity contribution in [2.45, 2.75) is 6.36 Å². The molecule has 0 unspecified atom stereocenters. The maximum Gasteiger partial charge on any atom is 0.573 e. The van der Waals surface area contributed by atoms with Crippen molar-refractivity contribution in [2.75, 3.05) is 0 Å². The Morgan fingerprint density at radius 3 is 2.50 bits per heavy atom. The molecule has 1 N–H and O–H groups in total. The van der Waals surface area contributed by atoms with Crippen molar-refractivity contribution in [3.8, 4) is 11.5 Å². The monoisotopic (exact) mass is 275 g/mol. The van der Waals surface area contributed by atoms with E-state index in [4.69, 9.17) is 5.11 Å². The van der Waals surface area contributed by atoms with Crippen LogP contribution in [0, 0.1) is 5.95 Å². The number of ether oxygens (including phenoxy) is 1. The van der Waals surface area contributed by atoms with Crippen molar-refractivity contribution in [2.24, 2.45) is 0 Å². The van der Waals surface area contributed by atoms with Gasteiger partial charge in [-0.05, 0) is 15.9 Å². The molecular weight excluding hydrogens is 274 g/mol. The molecule has 0 fully saturated rings. The van der Waals surface area contributed by atoms with Gasteiger partial charge < -0.3 is 9.84 Å². The second kappa shape index (κ2) is 3.60. The average molecular weight is 276 g/mol. The average Bonchev–Trinajstić information content (AvgIpc) is 1.97. The third-order valence-electron chi connectivity index (χ3n) is 1.10. The van der Waals surface area contributed by atoms with Gasteiger partial charge >= 0.3 is 6.36 Å². The van der Waals surface area contributed by atoms with Crippen molar-refractivity contribution in [1.29, 1.82) is 0 Å². The topological polar surface area (TPSA) is 42.4 Å². The van der Waals surface area contributed by atoms with Crippen molar-refractivity contribution < 1.29 is 27.4 Å². The SMILES string of the molecule is Oc1cc(OC(F)(F)F)c(F)nc1Br. The Morgan fingerprint density at radius 1 is 1.43 bits per heavy atom. The Labute approximate surface area is 83.5 Å². The Kier molecular flexibility index (Phi) is 2.84. The van der Waals surface area contributed by atoms with E-state index >= 15 is 0 Å². The highest BCUT2D eigenvalue weighted by Gasteiger charge is 2.33. The summed E-state index contributed by atoms with van der Waals surface area (Å²) in [5, 5.41) is 8.90. The van der Waals surface area contributed by atoms with Gasteiger partial charge in [0.2, 0.25) is 0 Å². The Balaban J connectivity index is 3.04. The molecule has 1 rings (SSSR count). The van der Waals surface area contributed by atoms with Crippen LogP contribution in [0.4, 0.5) is 17.6 Å². The van der Waals surface area contributed by atoms with Crippen molar-refractivity contribution in [3.05, 3.63) is 16.6 Å². The predicted molar refractivity (Wildman–Crippen MR) is 40.2 cm³/mol. The normalized spacial score (nSPS) is 11.5. The molecule has 0 aliphatic carbocycles. The van der Waals surface area contributed by atoms with E-state index in [1.54, 1.807) is 0 Å². The maximum atomic E-state index is 12.7. The molecule has 0 aromatic carbocycles. The van der Waals surface area contributed by atoms with E-state index in [1.807, 2.05) is 0 Å². The lowest BCUT2D eigenvalue weighted by Gasteiger charge is -2.09. The van der Waals surface area contributed by atoms with E-state index in [-0.39, 0.29) is 4.60 Å². The first-order valence-corrected chi connectivity index (χ1v) is 3.89. The lowest BCUT2D eigenvalue weighted by atomic mass is 10.4. The minimum absolute atomic E-state index is 0.301. The summed E-state index contributed by atoms with van der Waals surface area (Å²) in [6, 6.07) is 0.472. The first kappa shape index (κ1) is 11.0. The van der Waals surface area contributed by atoms with Crippen LogP contribution in [0.15, 0.2) is 10.7 Å². The first-order chi connectivity index (χ1) is 6.29. The highest BCUT2D eigenvalue weighted by atomic mass is 79.9. The van der Waals surface area contributed by atoms with Gasteiger partial charge in [0.15, 0.2) is 16.1 Å². The molecule has 1 heterocycles. The number of rotatable bonds is 1. The quantitative estimate of drug-likeness (QED) is 0.633. The summed E-state index contributed by atoms with van der Waals surface area (Å²) in [5.74, 6) is -3.30. The van der Waals surface area contributed by atoms with Gasteiger partial charge in [0.05, 0.1) is 0 Å². The molecule has 1 aromatic heterocycles. The number of hydrogen-bond donors (Lipinski definition) is 1. The number of pyridine rings is 1. The highest BCUT2D eigenvalue weighted by Crippen LogP contribution is 2.31. The number of nitrogens with zero attached hydrogens (tertiary/aromatic N) is 1. The summed E-state index contributed by atoms with van der Waals surface area (Å²) in [6.07, 6.45) is -5.03. The second-order valence-corrected chi connectivity index (χ2v) is 2.89. The molecule has 0 aliphatic rings. The molecule has 0 aliphatic heterocycles. The summed E-state index contributed by atoms with van der Waals surface area (Å²) in [7, 11) is 0. The summed E-state index contributed by atoms with van der Waals surface area (Å²) in [5.41, 5.74) is 0. The number of halogens is 5. The van der Waals surface area contributed by atoms with Crippen LogP contribution in [0.5, 0.6) is 11.5 Å². The third-order valence-corrected chi connectivity index (χ3v) is 1.69. The molecule has 8 heteroatoms. The molecule has 0 bridgehead atoms. The highest BCUT2D eigenvalue weighted by molar-refractivity contribution is 9.10. The molecular formula is C6H2BrF4NO2. The molecule has 78 valence electrons. The fourth-order valence-corrected chi connectivity index (χ4v) is 0.908. The molecule has 0 atom stereocenters. The van der Waals surface area contributed by atoms with E-state index in [1.165, 1.54) is 0 Å². The zero-order chi connectivity index (χ0) is 10.9. The zero-order valence-electron chi connectivity index (χ0n) is 6.27. The van der Waals surface area contributed by atoms with Gasteiger partial charge in [0, 0.05) is 6.07 Å². The molecule has 0 saturated carbocycles. The Hall–Kier alpha value is -1.05. The largest absolute Gasteiger partial charge is 0.573 e. The van der Waals surface area contributed by atoms with Gasteiger partial charge in [0.25, 0.3) is 5.95 Å². The standard InChI is InChI=1S/C6H2BrF4NO2/c7-4-2(13)1-3(5(8)12-4)14-6(9,10)11/h1,13H. The predicted octanol–water partition coefficient (Wildman–Crippen LogP) is 2.59. The lowest BCUT2D eigenvalue weighted by Crippen LogP contribution is -2.18. The fourth-order valence-electron chi connectivity index (χ4n) is 0.638. The minimum Gasteiger partial charge on any atom is -0.505 e. The second-order valence-electron chi connectivity index (χ2n) is 2.14. The van der Waals surface area contributed by atoms with Crippen molar-refractivity contribution >= 4 is 15.9 Å². The van der Waals surface area contributed by atoms with Gasteiger partial charge in [0.1, 0.15) is 0 Å². The van der Waals surface area contributed by atoms with Crippen LogP contribution in [0.1, 0.15) is 0 Å². The van der Waals surface area contributed by atoms with Crippen LogP contribution >= 0.6 is 15.9 Å². The first-order valence-electron chi connectivity index (χ1n) is 3.10. The lowest BCUT2D eigenvalue weighted by molar-refractivity contribution is -0.275. The minimum atomic E-state index is -5.03. The van der Waals surface area contributed by atoms with Crippen LogP contribution in [0.25, 0.3) is 0 Å². The van der Waals surface area contributed by atoms with Gasteiger partial charge in [-0.1, -0.05) is 0 Å². The van der Waals surface area contributed by atoms with E-state index in [0.717, 1.165) is 0 Å². The fraction of sp³-hybridized carbons (Fsp3) is 0.167. The maximum absolute atomic E-state index is 12.7. The van der Waals surface area contributed by atoms with Gasteiger partial charge in [-0.25, -0.2) is 4.98 Å². The molecule has 0 amide bonds. The Bertz CT molecular complexity index is 354. The molecule has 3 nitrogen and oxygen atoms in total. The number of hydrogen-bond acceptors (Lipinski definition) is 3. The number of aromatic nitrogens is 1. The van der Waals surface area contributed by atoms with Gasteiger partial charge in [-0.15, -0.1) is 13.2 Å². The van der Waals surface area contributed by atoms with Gasteiger partial charge in [-0.2, -0.15) is 4.39 Å². The molecule has 0 spiro atoms. The zero-order valence-corrected chi connectivity index (χ0v) is 7.86. The van der Waals surface area contributed by atoms with Crippen LogP contribution in [0.2, 0.25) is 0 Å². The van der Waals surface area contributed by atoms with Crippen molar-refractivity contribution in [3.63, 3.8) is 0 Å². The van der Waals surface area contributed by atoms with Crippen molar-refractivity contribution in [1.82, 2.24) is 4.98 Å². The van der Waals surface area contributed by atoms with E-state index in [0.29, 0.717) is 6.07 Å². The van der Waals surface area contributed by atoms with Gasteiger partial charge in [-0.3, -0.25) is 0 Å². The van der Waals surface area contributed by atoms with E-state index in [2.05, 4.69) is 25.7 Å². The number of alkyl halides is 3. The van der Waals surface area contributed by atoms with E-state index in [9.17, 15) is 17.6 Å². The molecule has 14 heavy (non-hydrogen) atoms. The van der Waals surface area contributed by atoms with Crippen LogP contribution in [-0.2, 0) is 0 Å². The molecule has 0 radical (unpaired) electrons. The van der Waals surface area contributed by atoms with E-state index < -0.39 is 23.8 Å². The van der Waals surface area contributed by atoms with Crippen LogP contribution in [-0.4, -0.2) is 16.5 Å². The molecule has 1 aromatic rings. The summed E-state index contributed by atoms with van der Waals surface area (Å²) < 4.78 is 50.6.